The number of imidazole rings is 1. The second kappa shape index (κ2) is 7.41. The third-order valence-electron chi connectivity index (χ3n) is 6.12. The van der Waals surface area contributed by atoms with Gasteiger partial charge in [-0.2, -0.15) is 0 Å². The molecule has 5 rings (SSSR count). The van der Waals surface area contributed by atoms with E-state index in [9.17, 15) is 14.4 Å². The molecule has 0 atom stereocenters. The zero-order chi connectivity index (χ0) is 20.8. The van der Waals surface area contributed by atoms with Crippen molar-refractivity contribution in [3.05, 3.63) is 69.1 Å². The Labute approximate surface area is 177 Å². The van der Waals surface area contributed by atoms with E-state index in [1.165, 1.54) is 4.90 Å². The average molecular weight is 425 g/mol. The molecule has 0 radical (unpaired) electrons. The highest BCUT2D eigenvalue weighted by Gasteiger charge is 2.35. The molecule has 2 aliphatic heterocycles. The summed E-state index contributed by atoms with van der Waals surface area (Å²) in [5.74, 6) is -0.427. The molecule has 0 unspecified atom stereocenters. The van der Waals surface area contributed by atoms with E-state index < -0.39 is 0 Å². The van der Waals surface area contributed by atoms with Crippen molar-refractivity contribution in [1.29, 1.82) is 0 Å². The van der Waals surface area contributed by atoms with Gasteiger partial charge in [-0.3, -0.25) is 19.1 Å². The quantitative estimate of drug-likeness (QED) is 0.653. The van der Waals surface area contributed by atoms with Crippen LogP contribution < -0.4 is 5.69 Å². The zero-order valence-electron chi connectivity index (χ0n) is 16.3. The summed E-state index contributed by atoms with van der Waals surface area (Å²) in [7, 11) is 0. The first-order valence-corrected chi connectivity index (χ1v) is 10.5. The van der Waals surface area contributed by atoms with Gasteiger partial charge in [0.1, 0.15) is 0 Å². The van der Waals surface area contributed by atoms with Crippen molar-refractivity contribution in [2.75, 3.05) is 26.2 Å². The lowest BCUT2D eigenvalue weighted by molar-refractivity contribution is 0.0626. The molecule has 0 spiro atoms. The molecule has 2 aliphatic rings. The number of nitrogens with one attached hydrogen (secondary N) is 1. The molecule has 1 fully saturated rings. The fourth-order valence-corrected chi connectivity index (χ4v) is 4.72. The van der Waals surface area contributed by atoms with Crippen LogP contribution in [0, 0.1) is 0 Å². The van der Waals surface area contributed by atoms with Crippen molar-refractivity contribution in [1.82, 2.24) is 19.4 Å². The zero-order valence-corrected chi connectivity index (χ0v) is 17.1. The third kappa shape index (κ3) is 3.14. The monoisotopic (exact) mass is 424 g/mol. The summed E-state index contributed by atoms with van der Waals surface area (Å²) in [6.07, 6.45) is 1.66. The molecule has 0 bridgehead atoms. The topological polar surface area (TPSA) is 78.4 Å². The number of halogens is 1. The van der Waals surface area contributed by atoms with Gasteiger partial charge in [0.2, 0.25) is 0 Å². The van der Waals surface area contributed by atoms with Crippen molar-refractivity contribution in [3.63, 3.8) is 0 Å². The summed E-state index contributed by atoms with van der Waals surface area (Å²) in [6.45, 7) is 2.63. The van der Waals surface area contributed by atoms with Crippen LogP contribution in [0.25, 0.3) is 11.0 Å². The average Bonchev–Trinajstić information content (AvgIpc) is 3.20. The van der Waals surface area contributed by atoms with Crippen LogP contribution in [-0.4, -0.2) is 57.3 Å². The Hall–Kier alpha value is -2.90. The molecule has 2 aromatic carbocycles. The summed E-state index contributed by atoms with van der Waals surface area (Å²) in [5.41, 5.74) is 2.48. The standard InChI is InChI=1S/C22H21ClN4O3/c23-14-5-6-19-18(13-14)24-22(30)27(19)15-7-9-25(10-8-15)11-12-26-20(28)16-3-1-2-4-17(16)21(26)29/h1-6,13,15H,7-12H2,(H,24,30). The highest BCUT2D eigenvalue weighted by atomic mass is 35.5. The molecule has 3 aromatic rings. The Balaban J connectivity index is 1.23. The molecular formula is C22H21ClN4O3. The number of carbonyl (C=O) groups excluding carboxylic acids is 2. The van der Waals surface area contributed by atoms with Gasteiger partial charge in [0, 0.05) is 37.2 Å². The van der Waals surface area contributed by atoms with Crippen molar-refractivity contribution in [3.8, 4) is 0 Å². The van der Waals surface area contributed by atoms with Crippen LogP contribution in [0.2, 0.25) is 5.02 Å². The van der Waals surface area contributed by atoms with E-state index in [0.717, 1.165) is 37.0 Å². The largest absolute Gasteiger partial charge is 0.326 e. The molecule has 0 saturated carbocycles. The van der Waals surface area contributed by atoms with Crippen molar-refractivity contribution in [2.45, 2.75) is 18.9 Å². The van der Waals surface area contributed by atoms with Gasteiger partial charge in [0.15, 0.2) is 0 Å². The maximum Gasteiger partial charge on any atom is 0.326 e. The molecule has 3 heterocycles. The smallest absolute Gasteiger partial charge is 0.305 e. The Morgan fingerprint density at radius 2 is 1.60 bits per heavy atom. The number of H-pyrrole nitrogens is 1. The lowest BCUT2D eigenvalue weighted by Crippen LogP contribution is -2.42. The number of aromatic amines is 1. The number of piperidine rings is 1. The molecule has 1 N–H and O–H groups in total. The van der Waals surface area contributed by atoms with E-state index in [4.69, 9.17) is 11.6 Å². The maximum atomic E-state index is 12.5. The highest BCUT2D eigenvalue weighted by molar-refractivity contribution is 6.31. The molecule has 1 saturated heterocycles. The number of imide groups is 1. The molecule has 8 heteroatoms. The summed E-state index contributed by atoms with van der Waals surface area (Å²) >= 11 is 6.03. The second-order valence-electron chi connectivity index (χ2n) is 7.84. The van der Waals surface area contributed by atoms with Gasteiger partial charge in [-0.15, -0.1) is 0 Å². The molecule has 30 heavy (non-hydrogen) atoms. The molecule has 2 amide bonds. The number of amides is 2. The number of benzene rings is 2. The normalized spacial score (nSPS) is 17.8. The van der Waals surface area contributed by atoms with Gasteiger partial charge in [-0.25, -0.2) is 4.79 Å². The number of nitrogens with zero attached hydrogens (tertiary/aromatic N) is 3. The number of hydrogen-bond acceptors (Lipinski definition) is 4. The number of aromatic nitrogens is 2. The molecule has 7 nitrogen and oxygen atoms in total. The van der Waals surface area contributed by atoms with Crippen LogP contribution in [0.5, 0.6) is 0 Å². The van der Waals surface area contributed by atoms with Gasteiger partial charge >= 0.3 is 5.69 Å². The van der Waals surface area contributed by atoms with Crippen LogP contribution in [0.1, 0.15) is 39.6 Å². The van der Waals surface area contributed by atoms with E-state index in [2.05, 4.69) is 9.88 Å². The lowest BCUT2D eigenvalue weighted by atomic mass is 10.0. The minimum absolute atomic E-state index is 0.114. The van der Waals surface area contributed by atoms with Crippen molar-refractivity contribution in [2.24, 2.45) is 0 Å². The second-order valence-corrected chi connectivity index (χ2v) is 8.28. The lowest BCUT2D eigenvalue weighted by Gasteiger charge is -2.33. The van der Waals surface area contributed by atoms with E-state index in [1.54, 1.807) is 36.4 Å². The predicted octanol–water partition coefficient (Wildman–Crippen LogP) is 2.92. The van der Waals surface area contributed by atoms with Crippen molar-refractivity contribution < 1.29 is 9.59 Å². The third-order valence-corrected chi connectivity index (χ3v) is 6.35. The Morgan fingerprint density at radius 3 is 2.27 bits per heavy atom. The summed E-state index contributed by atoms with van der Waals surface area (Å²) in [4.78, 5) is 44.0. The Bertz CT molecular complexity index is 1170. The first kappa shape index (κ1) is 19.1. The molecule has 0 aliphatic carbocycles. The fraction of sp³-hybridized carbons (Fsp3) is 0.318. The van der Waals surface area contributed by atoms with Gasteiger partial charge in [0.25, 0.3) is 11.8 Å². The Morgan fingerprint density at radius 1 is 0.933 bits per heavy atom. The van der Waals surface area contributed by atoms with Gasteiger partial charge in [0.05, 0.1) is 22.2 Å². The van der Waals surface area contributed by atoms with Gasteiger partial charge in [-0.05, 0) is 43.2 Å². The molecule has 154 valence electrons. The Kier molecular flexibility index (Phi) is 4.72. The highest BCUT2D eigenvalue weighted by Crippen LogP contribution is 2.27. The summed E-state index contributed by atoms with van der Waals surface area (Å²) < 4.78 is 1.83. The van der Waals surface area contributed by atoms with E-state index in [1.807, 2.05) is 10.6 Å². The van der Waals surface area contributed by atoms with Crippen LogP contribution in [0.4, 0.5) is 0 Å². The number of rotatable bonds is 4. The van der Waals surface area contributed by atoms with Gasteiger partial charge < -0.3 is 9.88 Å². The minimum Gasteiger partial charge on any atom is -0.305 e. The van der Waals surface area contributed by atoms with Crippen molar-refractivity contribution >= 4 is 34.4 Å². The van der Waals surface area contributed by atoms with E-state index >= 15 is 0 Å². The van der Waals surface area contributed by atoms with E-state index in [-0.39, 0.29) is 23.5 Å². The van der Waals surface area contributed by atoms with Crippen LogP contribution >= 0.6 is 11.6 Å². The van der Waals surface area contributed by atoms with Crippen LogP contribution in [0.3, 0.4) is 0 Å². The van der Waals surface area contributed by atoms with Gasteiger partial charge in [-0.1, -0.05) is 23.7 Å². The molecule has 1 aromatic heterocycles. The first-order chi connectivity index (χ1) is 14.5. The number of fused-ring (bicyclic) bond motifs is 2. The maximum absolute atomic E-state index is 12.5. The number of likely N-dealkylation sites (tertiary alicyclic amines) is 1. The predicted molar refractivity (Wildman–Crippen MR) is 114 cm³/mol. The summed E-state index contributed by atoms with van der Waals surface area (Å²) in [6, 6.07) is 12.5. The first-order valence-electron chi connectivity index (χ1n) is 10.1. The minimum atomic E-state index is -0.213. The summed E-state index contributed by atoms with van der Waals surface area (Å²) in [5, 5.41) is 0.596. The number of hydrogen-bond donors (Lipinski definition) is 1. The van der Waals surface area contributed by atoms with Crippen LogP contribution in [0.15, 0.2) is 47.3 Å². The fourth-order valence-electron chi connectivity index (χ4n) is 4.55. The molecular weight excluding hydrogens is 404 g/mol. The SMILES string of the molecule is O=C1c2ccccc2C(=O)N1CCN1CCC(n2c(=O)[nH]c3cc(Cl)ccc32)CC1. The van der Waals surface area contributed by atoms with E-state index in [0.29, 0.717) is 29.2 Å². The van der Waals surface area contributed by atoms with Crippen LogP contribution in [-0.2, 0) is 0 Å². The number of carbonyl (C=O) groups is 2.